The number of methoxy groups -OCH3 is 1. The average molecular weight is 244 g/mol. The number of carbonyl (C=O) groups excluding carboxylic acids is 1. The largest absolute Gasteiger partial charge is 0.457 e. The molecule has 5 heteroatoms. The Labute approximate surface area is 99.0 Å². The number of rotatable bonds is 4. The van der Waals surface area contributed by atoms with Crippen LogP contribution in [0.5, 0.6) is 0 Å². The Balaban J connectivity index is 2.69. The van der Waals surface area contributed by atoms with Gasteiger partial charge in [-0.25, -0.2) is 9.18 Å². The first-order valence-corrected chi connectivity index (χ1v) is 5.17. The van der Waals surface area contributed by atoms with Gasteiger partial charge in [0, 0.05) is 12.0 Å². The van der Waals surface area contributed by atoms with Crippen LogP contribution in [0.3, 0.4) is 0 Å². The van der Waals surface area contributed by atoms with E-state index < -0.39 is 11.8 Å². The van der Waals surface area contributed by atoms with Crippen molar-refractivity contribution >= 4 is 18.6 Å². The molecule has 0 fully saturated rings. The predicted molar refractivity (Wildman–Crippen MR) is 60.4 cm³/mol. The van der Waals surface area contributed by atoms with Crippen LogP contribution in [0.4, 0.5) is 4.39 Å². The van der Waals surface area contributed by atoms with E-state index in [1.54, 1.807) is 6.92 Å². The maximum absolute atomic E-state index is 12.9. The van der Waals surface area contributed by atoms with Crippen LogP contribution in [0.1, 0.15) is 17.3 Å². The van der Waals surface area contributed by atoms with E-state index in [2.05, 4.69) is 12.6 Å². The summed E-state index contributed by atoms with van der Waals surface area (Å²) in [5.74, 6) is -0.982. The lowest BCUT2D eigenvalue weighted by Crippen LogP contribution is -2.19. The molecule has 16 heavy (non-hydrogen) atoms. The molecular formula is C11H13FO3S. The van der Waals surface area contributed by atoms with E-state index in [1.165, 1.54) is 25.3 Å². The normalized spacial score (nSPS) is 12.2. The van der Waals surface area contributed by atoms with Crippen LogP contribution in [0.25, 0.3) is 0 Å². The Bertz CT molecular complexity index is 381. The minimum Gasteiger partial charge on any atom is -0.457 e. The number of esters is 1. The van der Waals surface area contributed by atoms with Gasteiger partial charge in [0.2, 0.25) is 0 Å². The van der Waals surface area contributed by atoms with Gasteiger partial charge in [-0.2, -0.15) is 0 Å². The molecule has 1 aromatic rings. The summed E-state index contributed by atoms with van der Waals surface area (Å²) in [7, 11) is 1.52. The van der Waals surface area contributed by atoms with Gasteiger partial charge in [-0.1, -0.05) is 0 Å². The van der Waals surface area contributed by atoms with E-state index in [4.69, 9.17) is 9.47 Å². The third-order valence-corrected chi connectivity index (χ3v) is 2.23. The summed E-state index contributed by atoms with van der Waals surface area (Å²) >= 11 is 3.89. The number of carbonyl (C=O) groups is 1. The van der Waals surface area contributed by atoms with Crippen molar-refractivity contribution in [3.63, 3.8) is 0 Å². The smallest absolute Gasteiger partial charge is 0.338 e. The second-order valence-corrected chi connectivity index (χ2v) is 3.82. The molecule has 0 aliphatic rings. The van der Waals surface area contributed by atoms with E-state index in [-0.39, 0.29) is 16.6 Å². The Morgan fingerprint density at radius 1 is 1.56 bits per heavy atom. The number of halogens is 1. The molecule has 1 atom stereocenters. The molecule has 0 aromatic heterocycles. The summed E-state index contributed by atoms with van der Waals surface area (Å²) in [6.07, 6.45) is -0.342. The second kappa shape index (κ2) is 5.86. The first-order valence-electron chi connectivity index (χ1n) is 4.73. The van der Waals surface area contributed by atoms with Crippen molar-refractivity contribution in [3.05, 3.63) is 29.6 Å². The molecule has 88 valence electrons. The Morgan fingerprint density at radius 3 is 2.81 bits per heavy atom. The number of benzene rings is 1. The molecule has 3 nitrogen and oxygen atoms in total. The summed E-state index contributed by atoms with van der Waals surface area (Å²) in [6.45, 7) is 2.03. The van der Waals surface area contributed by atoms with Crippen LogP contribution >= 0.6 is 12.6 Å². The van der Waals surface area contributed by atoms with Gasteiger partial charge >= 0.3 is 5.97 Å². The van der Waals surface area contributed by atoms with Crippen molar-refractivity contribution in [1.29, 1.82) is 0 Å². The van der Waals surface area contributed by atoms with Crippen molar-refractivity contribution in [2.24, 2.45) is 0 Å². The molecule has 0 saturated carbocycles. The van der Waals surface area contributed by atoms with Crippen LogP contribution in [-0.4, -0.2) is 25.8 Å². The molecule has 1 aromatic carbocycles. The highest BCUT2D eigenvalue weighted by atomic mass is 32.1. The van der Waals surface area contributed by atoms with Crippen LogP contribution in [-0.2, 0) is 9.47 Å². The zero-order valence-electron chi connectivity index (χ0n) is 9.07. The van der Waals surface area contributed by atoms with E-state index in [0.29, 0.717) is 6.61 Å². The van der Waals surface area contributed by atoms with Gasteiger partial charge < -0.3 is 9.47 Å². The van der Waals surface area contributed by atoms with Gasteiger partial charge in [-0.05, 0) is 25.1 Å². The molecule has 0 spiro atoms. The van der Waals surface area contributed by atoms with Crippen molar-refractivity contribution < 1.29 is 18.7 Å². The number of hydrogen-bond donors (Lipinski definition) is 1. The quantitative estimate of drug-likeness (QED) is 0.652. The Kier molecular flexibility index (Phi) is 4.76. The second-order valence-electron chi connectivity index (χ2n) is 3.34. The van der Waals surface area contributed by atoms with Crippen LogP contribution < -0.4 is 0 Å². The molecule has 0 bridgehead atoms. The highest BCUT2D eigenvalue weighted by Gasteiger charge is 2.13. The molecule has 0 aliphatic carbocycles. The van der Waals surface area contributed by atoms with Crippen molar-refractivity contribution in [1.82, 2.24) is 0 Å². The summed E-state index contributed by atoms with van der Waals surface area (Å²) in [5, 5.41) is 0. The van der Waals surface area contributed by atoms with E-state index in [0.717, 1.165) is 0 Å². The third-order valence-electron chi connectivity index (χ3n) is 1.89. The highest BCUT2D eigenvalue weighted by molar-refractivity contribution is 7.80. The van der Waals surface area contributed by atoms with Crippen molar-refractivity contribution in [3.8, 4) is 0 Å². The van der Waals surface area contributed by atoms with Gasteiger partial charge in [0.25, 0.3) is 0 Å². The van der Waals surface area contributed by atoms with E-state index in [9.17, 15) is 9.18 Å². The molecule has 0 aliphatic heterocycles. The fourth-order valence-electron chi connectivity index (χ4n) is 1.16. The molecule has 0 N–H and O–H groups in total. The highest BCUT2D eigenvalue weighted by Crippen LogP contribution is 2.15. The lowest BCUT2D eigenvalue weighted by atomic mass is 10.2. The summed E-state index contributed by atoms with van der Waals surface area (Å²) in [4.78, 5) is 11.7. The SMILES string of the molecule is COCC(C)OC(=O)c1ccc(F)c(S)c1. The Morgan fingerprint density at radius 2 is 2.25 bits per heavy atom. The van der Waals surface area contributed by atoms with Crippen LogP contribution in [0.15, 0.2) is 23.1 Å². The van der Waals surface area contributed by atoms with E-state index in [1.807, 2.05) is 0 Å². The maximum atomic E-state index is 12.9. The zero-order valence-corrected chi connectivity index (χ0v) is 9.96. The topological polar surface area (TPSA) is 35.5 Å². The lowest BCUT2D eigenvalue weighted by Gasteiger charge is -2.12. The molecule has 0 amide bonds. The van der Waals surface area contributed by atoms with Gasteiger partial charge in [0.1, 0.15) is 11.9 Å². The zero-order chi connectivity index (χ0) is 12.1. The summed E-state index contributed by atoms with van der Waals surface area (Å²) in [5.41, 5.74) is 0.273. The monoisotopic (exact) mass is 244 g/mol. The predicted octanol–water partition coefficient (Wildman–Crippen LogP) is 2.31. The number of thiol groups is 1. The Hall–Kier alpha value is -1.07. The average Bonchev–Trinajstić information content (AvgIpc) is 2.22. The van der Waals surface area contributed by atoms with Gasteiger partial charge in [0.15, 0.2) is 0 Å². The van der Waals surface area contributed by atoms with Crippen LogP contribution in [0, 0.1) is 5.82 Å². The molecule has 0 saturated heterocycles. The van der Waals surface area contributed by atoms with Gasteiger partial charge in [-0.15, -0.1) is 12.6 Å². The molecule has 1 rings (SSSR count). The standard InChI is InChI=1S/C11H13FO3S/c1-7(6-14-2)15-11(13)8-3-4-9(12)10(16)5-8/h3-5,7,16H,6H2,1-2H3. The first kappa shape index (κ1) is 13.0. The summed E-state index contributed by atoms with van der Waals surface area (Å²) < 4.78 is 22.8. The van der Waals surface area contributed by atoms with Crippen molar-refractivity contribution in [2.75, 3.05) is 13.7 Å². The van der Waals surface area contributed by atoms with Crippen LogP contribution in [0.2, 0.25) is 0 Å². The lowest BCUT2D eigenvalue weighted by molar-refractivity contribution is 0.0120. The number of hydrogen-bond acceptors (Lipinski definition) is 4. The molecular weight excluding hydrogens is 231 g/mol. The summed E-state index contributed by atoms with van der Waals surface area (Å²) in [6, 6.07) is 3.87. The van der Waals surface area contributed by atoms with Gasteiger partial charge in [-0.3, -0.25) is 0 Å². The fourth-order valence-corrected chi connectivity index (χ4v) is 1.37. The molecule has 0 radical (unpaired) electrons. The third kappa shape index (κ3) is 3.50. The molecule has 0 heterocycles. The van der Waals surface area contributed by atoms with Crippen molar-refractivity contribution in [2.45, 2.75) is 17.9 Å². The van der Waals surface area contributed by atoms with Gasteiger partial charge in [0.05, 0.1) is 12.2 Å². The minimum absolute atomic E-state index is 0.119. The molecule has 1 unspecified atom stereocenters. The minimum atomic E-state index is -0.514. The maximum Gasteiger partial charge on any atom is 0.338 e. The number of ether oxygens (including phenoxy) is 2. The fraction of sp³-hybridized carbons (Fsp3) is 0.364. The van der Waals surface area contributed by atoms with E-state index >= 15 is 0 Å². The first-order chi connectivity index (χ1) is 7.54.